The van der Waals surface area contributed by atoms with E-state index in [-0.39, 0.29) is 12.0 Å². The smallest absolute Gasteiger partial charge is 0.238 e. The number of carbonyl (C=O) groups excluding carboxylic acids is 1. The molecule has 1 amide bonds. The monoisotopic (exact) mass is 275 g/mol. The summed E-state index contributed by atoms with van der Waals surface area (Å²) in [6.07, 6.45) is 1.82. The fourth-order valence-electron chi connectivity index (χ4n) is 3.48. The molecule has 1 aliphatic carbocycles. The van der Waals surface area contributed by atoms with Crippen molar-refractivity contribution in [1.82, 2.24) is 4.90 Å². The molecule has 3 rings (SSSR count). The van der Waals surface area contributed by atoms with E-state index < -0.39 is 0 Å². The van der Waals surface area contributed by atoms with Gasteiger partial charge in [0.25, 0.3) is 0 Å². The van der Waals surface area contributed by atoms with Gasteiger partial charge in [-0.2, -0.15) is 0 Å². The van der Waals surface area contributed by atoms with Crippen molar-refractivity contribution in [3.05, 3.63) is 24.3 Å². The lowest BCUT2D eigenvalue weighted by atomic mass is 10.00. The van der Waals surface area contributed by atoms with Gasteiger partial charge in [-0.15, -0.1) is 0 Å². The molecule has 1 heterocycles. The van der Waals surface area contributed by atoms with Gasteiger partial charge in [-0.05, 0) is 37.0 Å². The van der Waals surface area contributed by atoms with Crippen LogP contribution in [0.15, 0.2) is 24.3 Å². The van der Waals surface area contributed by atoms with Gasteiger partial charge in [0.1, 0.15) is 0 Å². The minimum absolute atomic E-state index is 0.0231. The highest BCUT2D eigenvalue weighted by atomic mass is 16.3. The number of nitrogen functional groups attached to an aromatic ring is 1. The third-order valence-electron chi connectivity index (χ3n) is 4.43. The van der Waals surface area contributed by atoms with E-state index in [0.29, 0.717) is 24.1 Å². The second-order valence-corrected chi connectivity index (χ2v) is 5.94. The van der Waals surface area contributed by atoms with E-state index >= 15 is 0 Å². The zero-order valence-corrected chi connectivity index (χ0v) is 11.5. The van der Waals surface area contributed by atoms with Gasteiger partial charge in [0.15, 0.2) is 0 Å². The molecular weight excluding hydrogens is 254 g/mol. The van der Waals surface area contributed by atoms with Crippen molar-refractivity contribution in [3.8, 4) is 0 Å². The summed E-state index contributed by atoms with van der Waals surface area (Å²) < 4.78 is 0. The number of anilines is 2. The molecule has 1 aromatic rings. The van der Waals surface area contributed by atoms with Gasteiger partial charge >= 0.3 is 0 Å². The van der Waals surface area contributed by atoms with Gasteiger partial charge in [0, 0.05) is 30.4 Å². The van der Waals surface area contributed by atoms with E-state index in [1.54, 1.807) is 12.1 Å². The number of amides is 1. The number of hydrogen-bond acceptors (Lipinski definition) is 4. The maximum atomic E-state index is 12.0. The van der Waals surface area contributed by atoms with E-state index in [4.69, 9.17) is 5.73 Å². The van der Waals surface area contributed by atoms with Crippen LogP contribution in [0.4, 0.5) is 11.4 Å². The molecule has 3 unspecified atom stereocenters. The van der Waals surface area contributed by atoms with E-state index in [2.05, 4.69) is 10.2 Å². The van der Waals surface area contributed by atoms with Crippen LogP contribution in [0, 0.1) is 11.8 Å². The molecule has 2 aliphatic rings. The summed E-state index contributed by atoms with van der Waals surface area (Å²) >= 11 is 0. The van der Waals surface area contributed by atoms with E-state index in [0.717, 1.165) is 31.6 Å². The van der Waals surface area contributed by atoms with Gasteiger partial charge in [0.05, 0.1) is 12.6 Å². The molecule has 1 saturated heterocycles. The Kier molecular flexibility index (Phi) is 3.63. The first-order valence-corrected chi connectivity index (χ1v) is 7.17. The lowest BCUT2D eigenvalue weighted by molar-refractivity contribution is -0.117. The lowest BCUT2D eigenvalue weighted by Crippen LogP contribution is -2.33. The van der Waals surface area contributed by atoms with E-state index in [1.807, 2.05) is 12.1 Å². The number of fused-ring (bicyclic) bond motifs is 1. The van der Waals surface area contributed by atoms with Crippen molar-refractivity contribution in [2.75, 3.05) is 30.7 Å². The predicted octanol–water partition coefficient (Wildman–Crippen LogP) is 0.910. The number of carbonyl (C=O) groups is 1. The molecule has 2 fully saturated rings. The Hall–Kier alpha value is -1.59. The normalized spacial score (nSPS) is 29.4. The molecule has 0 radical (unpaired) electrons. The molecule has 1 aliphatic heterocycles. The summed E-state index contributed by atoms with van der Waals surface area (Å²) in [4.78, 5) is 14.2. The molecule has 0 bridgehead atoms. The van der Waals surface area contributed by atoms with Crippen molar-refractivity contribution < 1.29 is 9.90 Å². The van der Waals surface area contributed by atoms with Gasteiger partial charge in [-0.1, -0.05) is 6.07 Å². The second kappa shape index (κ2) is 5.42. The first-order chi connectivity index (χ1) is 9.61. The van der Waals surface area contributed by atoms with Crippen LogP contribution in [-0.2, 0) is 4.79 Å². The van der Waals surface area contributed by atoms with Crippen molar-refractivity contribution in [3.63, 3.8) is 0 Å². The van der Waals surface area contributed by atoms with E-state index in [1.165, 1.54) is 0 Å². The fourth-order valence-corrected chi connectivity index (χ4v) is 3.48. The van der Waals surface area contributed by atoms with E-state index in [9.17, 15) is 9.90 Å². The maximum absolute atomic E-state index is 12.0. The van der Waals surface area contributed by atoms with Crippen LogP contribution in [0.1, 0.15) is 12.8 Å². The van der Waals surface area contributed by atoms with Gasteiger partial charge in [-0.25, -0.2) is 0 Å². The Bertz CT molecular complexity index is 506. The summed E-state index contributed by atoms with van der Waals surface area (Å²) in [5, 5.41) is 12.7. The Balaban J connectivity index is 1.53. The van der Waals surface area contributed by atoms with Crippen LogP contribution >= 0.6 is 0 Å². The quantitative estimate of drug-likeness (QED) is 0.717. The molecule has 108 valence electrons. The summed E-state index contributed by atoms with van der Waals surface area (Å²) in [6, 6.07) is 7.19. The highest BCUT2D eigenvalue weighted by Gasteiger charge is 2.41. The van der Waals surface area contributed by atoms with Gasteiger partial charge in [0.2, 0.25) is 5.91 Å². The molecule has 0 spiro atoms. The topological polar surface area (TPSA) is 78.6 Å². The van der Waals surface area contributed by atoms with Crippen molar-refractivity contribution >= 4 is 17.3 Å². The number of likely N-dealkylation sites (tertiary alicyclic amines) is 1. The predicted molar refractivity (Wildman–Crippen MR) is 78.1 cm³/mol. The molecule has 5 heteroatoms. The average molecular weight is 275 g/mol. The summed E-state index contributed by atoms with van der Waals surface area (Å²) in [6.45, 7) is 2.14. The molecule has 1 aromatic carbocycles. The fraction of sp³-hybridized carbons (Fsp3) is 0.533. The van der Waals surface area contributed by atoms with Crippen LogP contribution in [0.5, 0.6) is 0 Å². The van der Waals surface area contributed by atoms with Crippen molar-refractivity contribution in [2.24, 2.45) is 11.8 Å². The van der Waals surface area contributed by atoms with Crippen LogP contribution < -0.4 is 11.1 Å². The summed E-state index contributed by atoms with van der Waals surface area (Å²) in [5.74, 6) is 0.894. The Morgan fingerprint density at radius 2 is 2.25 bits per heavy atom. The highest BCUT2D eigenvalue weighted by molar-refractivity contribution is 5.92. The average Bonchev–Trinajstić information content (AvgIpc) is 2.92. The summed E-state index contributed by atoms with van der Waals surface area (Å²) in [7, 11) is 0. The Labute approximate surface area is 118 Å². The minimum Gasteiger partial charge on any atom is -0.399 e. The Morgan fingerprint density at radius 1 is 1.40 bits per heavy atom. The molecule has 20 heavy (non-hydrogen) atoms. The standard InChI is InChI=1S/C15H21N3O2/c16-11-2-1-3-12(6-11)17-15(20)9-18-7-10-4-5-14(19)13(10)8-18/h1-3,6,10,13-14,19H,4-5,7-9,16H2,(H,17,20). The highest BCUT2D eigenvalue weighted by Crippen LogP contribution is 2.37. The summed E-state index contributed by atoms with van der Waals surface area (Å²) in [5.41, 5.74) is 7.06. The number of nitrogens with zero attached hydrogens (tertiary/aromatic N) is 1. The van der Waals surface area contributed by atoms with Gasteiger partial charge in [-0.3, -0.25) is 9.69 Å². The van der Waals surface area contributed by atoms with Gasteiger partial charge < -0.3 is 16.2 Å². The molecule has 1 saturated carbocycles. The number of aliphatic hydroxyl groups is 1. The molecular formula is C15H21N3O2. The van der Waals surface area contributed by atoms with Crippen LogP contribution in [-0.4, -0.2) is 41.7 Å². The van der Waals surface area contributed by atoms with Crippen LogP contribution in [0.3, 0.4) is 0 Å². The largest absolute Gasteiger partial charge is 0.399 e. The maximum Gasteiger partial charge on any atom is 0.238 e. The number of nitrogens with one attached hydrogen (secondary N) is 1. The third-order valence-corrected chi connectivity index (χ3v) is 4.43. The zero-order valence-electron chi connectivity index (χ0n) is 11.5. The number of aliphatic hydroxyl groups excluding tert-OH is 1. The first-order valence-electron chi connectivity index (χ1n) is 7.17. The van der Waals surface area contributed by atoms with Crippen molar-refractivity contribution in [1.29, 1.82) is 0 Å². The number of hydrogen-bond donors (Lipinski definition) is 3. The third kappa shape index (κ3) is 2.78. The molecule has 3 atom stereocenters. The first kappa shape index (κ1) is 13.4. The molecule has 0 aromatic heterocycles. The SMILES string of the molecule is Nc1cccc(NC(=O)CN2CC3CCC(O)C3C2)c1. The molecule has 4 N–H and O–H groups in total. The minimum atomic E-state index is -0.179. The molecule has 5 nitrogen and oxygen atoms in total. The van der Waals surface area contributed by atoms with Crippen LogP contribution in [0.25, 0.3) is 0 Å². The second-order valence-electron chi connectivity index (χ2n) is 5.94. The Morgan fingerprint density at radius 3 is 3.00 bits per heavy atom. The number of benzene rings is 1. The number of nitrogens with two attached hydrogens (primary N) is 1. The number of rotatable bonds is 3. The van der Waals surface area contributed by atoms with Crippen molar-refractivity contribution in [2.45, 2.75) is 18.9 Å². The van der Waals surface area contributed by atoms with Crippen LogP contribution in [0.2, 0.25) is 0 Å². The zero-order chi connectivity index (χ0) is 14.1. The lowest BCUT2D eigenvalue weighted by Gasteiger charge is -2.17.